The van der Waals surface area contributed by atoms with E-state index in [0.29, 0.717) is 0 Å². The van der Waals surface area contributed by atoms with E-state index in [4.69, 9.17) is 5.11 Å². The molecule has 1 radical (unpaired) electrons. The van der Waals surface area contributed by atoms with Crippen molar-refractivity contribution in [2.45, 2.75) is 18.9 Å². The molecular formula is C6H12NO. The Morgan fingerprint density at radius 1 is 1.62 bits per heavy atom. The fourth-order valence-corrected chi connectivity index (χ4v) is 0.866. The van der Waals surface area contributed by atoms with Crippen molar-refractivity contribution >= 4 is 0 Å². The van der Waals surface area contributed by atoms with Crippen LogP contribution in [0.5, 0.6) is 0 Å². The number of nitrogens with one attached hydrogen (secondary N) is 1. The van der Waals surface area contributed by atoms with Gasteiger partial charge in [-0.15, -0.1) is 0 Å². The van der Waals surface area contributed by atoms with Gasteiger partial charge in [-0.25, -0.2) is 0 Å². The lowest BCUT2D eigenvalue weighted by Gasteiger charge is -2.01. The summed E-state index contributed by atoms with van der Waals surface area (Å²) in [5, 5.41) is 12.2. The van der Waals surface area contributed by atoms with Crippen molar-refractivity contribution < 1.29 is 5.11 Å². The van der Waals surface area contributed by atoms with Gasteiger partial charge in [0.05, 0.1) is 6.10 Å². The van der Waals surface area contributed by atoms with Crippen molar-refractivity contribution in [2.24, 2.45) is 0 Å². The van der Waals surface area contributed by atoms with Gasteiger partial charge < -0.3 is 10.4 Å². The standard InChI is InChI=1S/C6H12NO/c8-6-2-1-4-7-5-3-6/h1,6-8H,2-5H2. The van der Waals surface area contributed by atoms with E-state index in [9.17, 15) is 0 Å². The number of hydrogen-bond donors (Lipinski definition) is 2. The van der Waals surface area contributed by atoms with Crippen LogP contribution in [0, 0.1) is 6.42 Å². The first-order chi connectivity index (χ1) is 3.89. The largest absolute Gasteiger partial charge is 0.393 e. The maximum Gasteiger partial charge on any atom is 0.0555 e. The summed E-state index contributed by atoms with van der Waals surface area (Å²) in [4.78, 5) is 0. The molecule has 1 atom stereocenters. The lowest BCUT2D eigenvalue weighted by Crippen LogP contribution is -2.15. The van der Waals surface area contributed by atoms with Crippen molar-refractivity contribution in [3.8, 4) is 0 Å². The van der Waals surface area contributed by atoms with Crippen LogP contribution in [0.15, 0.2) is 0 Å². The molecule has 0 aromatic carbocycles. The Labute approximate surface area is 49.9 Å². The molecule has 1 fully saturated rings. The van der Waals surface area contributed by atoms with Gasteiger partial charge in [-0.05, 0) is 32.4 Å². The van der Waals surface area contributed by atoms with E-state index in [1.807, 2.05) is 0 Å². The first kappa shape index (κ1) is 6.05. The van der Waals surface area contributed by atoms with Gasteiger partial charge in [0.25, 0.3) is 0 Å². The van der Waals surface area contributed by atoms with Crippen LogP contribution in [0.2, 0.25) is 0 Å². The maximum atomic E-state index is 9.02. The second-order valence-corrected chi connectivity index (χ2v) is 2.17. The van der Waals surface area contributed by atoms with Crippen molar-refractivity contribution in [1.82, 2.24) is 5.32 Å². The molecule has 0 bridgehead atoms. The Morgan fingerprint density at radius 2 is 2.50 bits per heavy atom. The fraction of sp³-hybridized carbons (Fsp3) is 0.833. The molecule has 0 aliphatic carbocycles. The van der Waals surface area contributed by atoms with E-state index < -0.39 is 0 Å². The second-order valence-electron chi connectivity index (χ2n) is 2.17. The van der Waals surface area contributed by atoms with Crippen LogP contribution < -0.4 is 5.32 Å². The topological polar surface area (TPSA) is 32.3 Å². The van der Waals surface area contributed by atoms with Crippen molar-refractivity contribution in [3.05, 3.63) is 6.42 Å². The predicted molar refractivity (Wildman–Crippen MR) is 32.4 cm³/mol. The van der Waals surface area contributed by atoms with E-state index in [1.165, 1.54) is 0 Å². The van der Waals surface area contributed by atoms with Crippen LogP contribution in [0.1, 0.15) is 12.8 Å². The predicted octanol–water partition coefficient (Wildman–Crippen LogP) is -0.0650. The molecule has 1 aliphatic heterocycles. The fourth-order valence-electron chi connectivity index (χ4n) is 0.866. The van der Waals surface area contributed by atoms with Crippen molar-refractivity contribution in [2.75, 3.05) is 13.1 Å². The molecule has 1 heterocycles. The lowest BCUT2D eigenvalue weighted by atomic mass is 10.2. The molecule has 2 N–H and O–H groups in total. The van der Waals surface area contributed by atoms with Gasteiger partial charge in [0, 0.05) is 0 Å². The van der Waals surface area contributed by atoms with E-state index in [0.717, 1.165) is 25.9 Å². The number of hydrogen-bond acceptors (Lipinski definition) is 2. The highest BCUT2D eigenvalue weighted by Gasteiger charge is 2.06. The van der Waals surface area contributed by atoms with Gasteiger partial charge in [0.1, 0.15) is 0 Å². The second kappa shape index (κ2) is 3.05. The summed E-state index contributed by atoms with van der Waals surface area (Å²) >= 11 is 0. The highest BCUT2D eigenvalue weighted by atomic mass is 16.3. The summed E-state index contributed by atoms with van der Waals surface area (Å²) in [5.41, 5.74) is 0. The molecule has 2 nitrogen and oxygen atoms in total. The van der Waals surface area contributed by atoms with Gasteiger partial charge in [0.15, 0.2) is 0 Å². The van der Waals surface area contributed by atoms with Gasteiger partial charge in [-0.2, -0.15) is 0 Å². The van der Waals surface area contributed by atoms with Crippen LogP contribution in [-0.2, 0) is 0 Å². The normalized spacial score (nSPS) is 31.9. The van der Waals surface area contributed by atoms with Gasteiger partial charge in [-0.1, -0.05) is 0 Å². The zero-order valence-corrected chi connectivity index (χ0v) is 4.93. The minimum absolute atomic E-state index is 0.0926. The summed E-state index contributed by atoms with van der Waals surface area (Å²) < 4.78 is 0. The number of rotatable bonds is 0. The molecule has 0 spiro atoms. The Morgan fingerprint density at radius 3 is 3.38 bits per heavy atom. The molecule has 1 saturated heterocycles. The van der Waals surface area contributed by atoms with Gasteiger partial charge in [-0.3, -0.25) is 0 Å². The minimum atomic E-state index is -0.0926. The molecule has 0 saturated carbocycles. The first-order valence-corrected chi connectivity index (χ1v) is 3.10. The van der Waals surface area contributed by atoms with Crippen molar-refractivity contribution in [1.29, 1.82) is 0 Å². The molecule has 2 heteroatoms. The van der Waals surface area contributed by atoms with Crippen LogP contribution in [0.4, 0.5) is 0 Å². The van der Waals surface area contributed by atoms with E-state index >= 15 is 0 Å². The molecule has 47 valence electrons. The molecule has 0 aromatic heterocycles. The molecule has 1 aliphatic rings. The summed E-state index contributed by atoms with van der Waals surface area (Å²) in [6, 6.07) is 0. The van der Waals surface area contributed by atoms with Crippen LogP contribution >= 0.6 is 0 Å². The highest BCUT2D eigenvalue weighted by molar-refractivity contribution is 4.77. The van der Waals surface area contributed by atoms with Gasteiger partial charge >= 0.3 is 0 Å². The summed E-state index contributed by atoms with van der Waals surface area (Å²) in [6.07, 6.45) is 3.74. The Kier molecular flexibility index (Phi) is 2.30. The van der Waals surface area contributed by atoms with Crippen LogP contribution in [0.25, 0.3) is 0 Å². The highest BCUT2D eigenvalue weighted by Crippen LogP contribution is 2.01. The third-order valence-electron chi connectivity index (χ3n) is 1.38. The molecule has 0 amide bonds. The van der Waals surface area contributed by atoms with E-state index in [1.54, 1.807) is 0 Å². The SMILES string of the molecule is OC1C[CH]CNCC1. The van der Waals surface area contributed by atoms with Crippen LogP contribution in [-0.4, -0.2) is 24.3 Å². The van der Waals surface area contributed by atoms with E-state index in [-0.39, 0.29) is 6.10 Å². The smallest absolute Gasteiger partial charge is 0.0555 e. The maximum absolute atomic E-state index is 9.02. The molecular weight excluding hydrogens is 102 g/mol. The van der Waals surface area contributed by atoms with Crippen LogP contribution in [0.3, 0.4) is 0 Å². The summed E-state index contributed by atoms with van der Waals surface area (Å²) in [5.74, 6) is 0. The third kappa shape index (κ3) is 1.80. The Bertz CT molecular complexity index is 57.5. The number of aliphatic hydroxyl groups excluding tert-OH is 1. The monoisotopic (exact) mass is 114 g/mol. The molecule has 8 heavy (non-hydrogen) atoms. The lowest BCUT2D eigenvalue weighted by molar-refractivity contribution is 0.169. The number of aliphatic hydroxyl groups is 1. The molecule has 0 aromatic rings. The third-order valence-corrected chi connectivity index (χ3v) is 1.38. The summed E-state index contributed by atoms with van der Waals surface area (Å²) in [6.45, 7) is 1.91. The zero-order chi connectivity index (χ0) is 5.82. The van der Waals surface area contributed by atoms with E-state index in [2.05, 4.69) is 11.7 Å². The quantitative estimate of drug-likeness (QED) is 0.462. The average Bonchev–Trinajstić information content (AvgIpc) is 1.94. The van der Waals surface area contributed by atoms with Crippen molar-refractivity contribution in [3.63, 3.8) is 0 Å². The molecule has 1 unspecified atom stereocenters. The first-order valence-electron chi connectivity index (χ1n) is 3.10. The molecule has 1 rings (SSSR count). The minimum Gasteiger partial charge on any atom is -0.393 e. The Hall–Kier alpha value is -0.0800. The summed E-state index contributed by atoms with van der Waals surface area (Å²) in [7, 11) is 0. The average molecular weight is 114 g/mol. The zero-order valence-electron chi connectivity index (χ0n) is 4.93. The Balaban J connectivity index is 2.17. The van der Waals surface area contributed by atoms with Gasteiger partial charge in [0.2, 0.25) is 0 Å².